The molecule has 0 aliphatic rings. The van der Waals surface area contributed by atoms with Gasteiger partial charge in [-0.15, -0.1) is 0 Å². The topological polar surface area (TPSA) is 71.4 Å². The Kier molecular flexibility index (Phi) is 4.07. The molecular weight excluding hydrogens is 264 g/mol. The summed E-state index contributed by atoms with van der Waals surface area (Å²) in [6.07, 6.45) is 5.57. The maximum atomic E-state index is 4.25. The maximum Gasteiger partial charge on any atom is 0.117 e. The molecule has 1 unspecified atom stereocenters. The monoisotopic (exact) mass is 282 g/mol. The van der Waals surface area contributed by atoms with Crippen molar-refractivity contribution in [1.29, 1.82) is 0 Å². The van der Waals surface area contributed by atoms with Gasteiger partial charge in [-0.05, 0) is 6.92 Å². The zero-order chi connectivity index (χ0) is 14.5. The third-order valence-corrected chi connectivity index (χ3v) is 3.33. The van der Waals surface area contributed by atoms with Gasteiger partial charge in [0.1, 0.15) is 11.4 Å². The van der Waals surface area contributed by atoms with E-state index in [2.05, 4.69) is 37.2 Å². The molecule has 6 heteroatoms. The third-order valence-electron chi connectivity index (χ3n) is 3.33. The van der Waals surface area contributed by atoms with Crippen molar-refractivity contribution in [2.75, 3.05) is 0 Å². The number of benzene rings is 1. The van der Waals surface area contributed by atoms with Crippen LogP contribution < -0.4 is 5.32 Å². The summed E-state index contributed by atoms with van der Waals surface area (Å²) in [6, 6.07) is 10.4. The summed E-state index contributed by atoms with van der Waals surface area (Å²) in [6.45, 7) is 3.69. The number of aromatic amines is 1. The maximum absolute atomic E-state index is 4.25. The zero-order valence-electron chi connectivity index (χ0n) is 11.9. The van der Waals surface area contributed by atoms with E-state index in [4.69, 9.17) is 0 Å². The highest BCUT2D eigenvalue weighted by Gasteiger charge is 2.11. The van der Waals surface area contributed by atoms with Gasteiger partial charge in [0.05, 0.1) is 6.33 Å². The summed E-state index contributed by atoms with van der Waals surface area (Å²) in [7, 11) is 0. The fourth-order valence-electron chi connectivity index (χ4n) is 2.25. The van der Waals surface area contributed by atoms with Crippen molar-refractivity contribution in [1.82, 2.24) is 30.3 Å². The second kappa shape index (κ2) is 6.32. The number of hydrogen-bond donors (Lipinski definition) is 2. The zero-order valence-corrected chi connectivity index (χ0v) is 11.9. The van der Waals surface area contributed by atoms with Crippen molar-refractivity contribution >= 4 is 0 Å². The van der Waals surface area contributed by atoms with E-state index in [-0.39, 0.29) is 0 Å². The first-order valence-corrected chi connectivity index (χ1v) is 6.97. The Balaban J connectivity index is 1.62. The van der Waals surface area contributed by atoms with Crippen LogP contribution in [0.2, 0.25) is 0 Å². The summed E-state index contributed by atoms with van der Waals surface area (Å²) >= 11 is 0. The number of hydrogen-bond acceptors (Lipinski definition) is 4. The highest BCUT2D eigenvalue weighted by molar-refractivity contribution is 5.60. The summed E-state index contributed by atoms with van der Waals surface area (Å²) < 4.78 is 2.05. The molecule has 3 aromatic rings. The molecule has 0 radical (unpaired) electrons. The fraction of sp³-hybridized carbons (Fsp3) is 0.267. The van der Waals surface area contributed by atoms with Crippen LogP contribution in [0.5, 0.6) is 0 Å². The molecule has 0 saturated heterocycles. The minimum Gasteiger partial charge on any atom is -0.336 e. The lowest BCUT2D eigenvalue weighted by Gasteiger charge is -2.13. The minimum absolute atomic E-state index is 0.319. The number of nitrogens with zero attached hydrogens (tertiary/aromatic N) is 4. The molecule has 2 aromatic heterocycles. The van der Waals surface area contributed by atoms with Gasteiger partial charge >= 0.3 is 0 Å². The Labute approximate surface area is 123 Å². The summed E-state index contributed by atoms with van der Waals surface area (Å²) in [5.41, 5.74) is 2.90. The van der Waals surface area contributed by atoms with Gasteiger partial charge in [0, 0.05) is 37.1 Å². The molecule has 0 bridgehead atoms. The second-order valence-electron chi connectivity index (χ2n) is 5.03. The Morgan fingerprint density at radius 1 is 1.24 bits per heavy atom. The largest absolute Gasteiger partial charge is 0.336 e. The molecule has 6 nitrogen and oxygen atoms in total. The first-order chi connectivity index (χ1) is 10.3. The predicted octanol–water partition coefficient (Wildman–Crippen LogP) is 1.85. The van der Waals surface area contributed by atoms with Crippen LogP contribution in [0.1, 0.15) is 12.6 Å². The van der Waals surface area contributed by atoms with Gasteiger partial charge in [-0.25, -0.2) is 4.98 Å². The van der Waals surface area contributed by atoms with Crippen LogP contribution in [0, 0.1) is 0 Å². The summed E-state index contributed by atoms with van der Waals surface area (Å²) in [5, 5.41) is 14.7. The van der Waals surface area contributed by atoms with Crippen LogP contribution in [0.4, 0.5) is 0 Å². The van der Waals surface area contributed by atoms with Crippen molar-refractivity contribution in [2.45, 2.75) is 26.1 Å². The smallest absolute Gasteiger partial charge is 0.117 e. The molecule has 0 aliphatic heterocycles. The van der Waals surface area contributed by atoms with Gasteiger partial charge in [-0.2, -0.15) is 15.4 Å². The number of rotatable bonds is 6. The van der Waals surface area contributed by atoms with E-state index in [1.54, 1.807) is 6.20 Å². The molecule has 0 saturated carbocycles. The Hall–Kier alpha value is -2.47. The number of aromatic nitrogens is 5. The van der Waals surface area contributed by atoms with Crippen LogP contribution in [-0.2, 0) is 13.1 Å². The van der Waals surface area contributed by atoms with Crippen molar-refractivity contribution < 1.29 is 0 Å². The molecule has 0 spiro atoms. The SMILES string of the molecule is CC(Cn1ccnc1)NCc1n[nH]nc1-c1ccccc1. The van der Waals surface area contributed by atoms with Gasteiger partial charge in [0.25, 0.3) is 0 Å². The average Bonchev–Trinajstić information content (AvgIpc) is 3.17. The first-order valence-electron chi connectivity index (χ1n) is 6.97. The lowest BCUT2D eigenvalue weighted by Crippen LogP contribution is -2.29. The van der Waals surface area contributed by atoms with E-state index < -0.39 is 0 Å². The highest BCUT2D eigenvalue weighted by atomic mass is 15.3. The van der Waals surface area contributed by atoms with Gasteiger partial charge in [0.2, 0.25) is 0 Å². The Morgan fingerprint density at radius 3 is 2.86 bits per heavy atom. The standard InChI is InChI=1S/C15H18N6/c1-12(10-21-8-7-16-11-21)17-9-14-15(19-20-18-14)13-5-3-2-4-6-13/h2-8,11-12,17H,9-10H2,1H3,(H,18,19,20). The lowest BCUT2D eigenvalue weighted by molar-refractivity contribution is 0.473. The molecule has 2 heterocycles. The van der Waals surface area contributed by atoms with Crippen LogP contribution in [0.15, 0.2) is 49.1 Å². The molecule has 0 aliphatic carbocycles. The number of H-pyrrole nitrogens is 1. The number of nitrogens with one attached hydrogen (secondary N) is 2. The van der Waals surface area contributed by atoms with Crippen LogP contribution in [0.25, 0.3) is 11.3 Å². The molecule has 108 valence electrons. The van der Waals surface area contributed by atoms with E-state index in [0.717, 1.165) is 23.5 Å². The van der Waals surface area contributed by atoms with Gasteiger partial charge < -0.3 is 9.88 Å². The van der Waals surface area contributed by atoms with E-state index in [9.17, 15) is 0 Å². The molecule has 21 heavy (non-hydrogen) atoms. The second-order valence-corrected chi connectivity index (χ2v) is 5.03. The molecule has 0 amide bonds. The van der Waals surface area contributed by atoms with E-state index >= 15 is 0 Å². The van der Waals surface area contributed by atoms with Crippen LogP contribution >= 0.6 is 0 Å². The van der Waals surface area contributed by atoms with E-state index in [0.29, 0.717) is 12.6 Å². The van der Waals surface area contributed by atoms with Crippen molar-refractivity contribution in [3.05, 3.63) is 54.7 Å². The summed E-state index contributed by atoms with van der Waals surface area (Å²) in [4.78, 5) is 4.05. The van der Waals surface area contributed by atoms with Crippen molar-refractivity contribution in [3.63, 3.8) is 0 Å². The molecule has 1 atom stereocenters. The molecule has 3 rings (SSSR count). The molecule has 0 fully saturated rings. The Morgan fingerprint density at radius 2 is 2.10 bits per heavy atom. The molecule has 2 N–H and O–H groups in total. The van der Waals surface area contributed by atoms with Crippen molar-refractivity contribution in [2.24, 2.45) is 0 Å². The average molecular weight is 282 g/mol. The summed E-state index contributed by atoms with van der Waals surface area (Å²) in [5.74, 6) is 0. The van der Waals surface area contributed by atoms with Gasteiger partial charge in [-0.1, -0.05) is 30.3 Å². The van der Waals surface area contributed by atoms with Gasteiger partial charge in [-0.3, -0.25) is 0 Å². The molecular formula is C15H18N6. The van der Waals surface area contributed by atoms with E-state index in [1.807, 2.05) is 42.9 Å². The van der Waals surface area contributed by atoms with E-state index in [1.165, 1.54) is 0 Å². The minimum atomic E-state index is 0.319. The third kappa shape index (κ3) is 3.35. The van der Waals surface area contributed by atoms with Gasteiger partial charge in [0.15, 0.2) is 0 Å². The lowest BCUT2D eigenvalue weighted by atomic mass is 10.1. The number of imidazole rings is 1. The predicted molar refractivity (Wildman–Crippen MR) is 80.3 cm³/mol. The normalized spacial score (nSPS) is 12.4. The van der Waals surface area contributed by atoms with Crippen molar-refractivity contribution in [3.8, 4) is 11.3 Å². The van der Waals surface area contributed by atoms with Crippen LogP contribution in [0.3, 0.4) is 0 Å². The quantitative estimate of drug-likeness (QED) is 0.724. The van der Waals surface area contributed by atoms with Crippen LogP contribution in [-0.4, -0.2) is 31.0 Å². The first kappa shape index (κ1) is 13.5. The highest BCUT2D eigenvalue weighted by Crippen LogP contribution is 2.18. The molecule has 1 aromatic carbocycles. The Bertz CT molecular complexity index is 659. The fourth-order valence-corrected chi connectivity index (χ4v) is 2.25.